The number of nitrogens with zero attached hydrogens (tertiary/aromatic N) is 3. The van der Waals surface area contributed by atoms with E-state index in [2.05, 4.69) is 10.3 Å². The van der Waals surface area contributed by atoms with E-state index in [1.54, 1.807) is 0 Å². The third-order valence-electron chi connectivity index (χ3n) is 1.35. The molecular weight excluding hydrogens is 176 g/mol. The van der Waals surface area contributed by atoms with Crippen LogP contribution >= 0.6 is 0 Å². The van der Waals surface area contributed by atoms with Crippen molar-refractivity contribution < 1.29 is 14.7 Å². The van der Waals surface area contributed by atoms with Gasteiger partial charge in [0.05, 0.1) is 12.7 Å². The molecule has 1 aromatic heterocycles. The number of rotatable bonds is 4. The highest BCUT2D eigenvalue weighted by Crippen LogP contribution is 1.93. The van der Waals surface area contributed by atoms with Gasteiger partial charge < -0.3 is 10.8 Å². The quantitative estimate of drug-likeness (QED) is 0.613. The molecule has 0 saturated heterocycles. The van der Waals surface area contributed by atoms with Gasteiger partial charge in [0.25, 0.3) is 0 Å². The Morgan fingerprint density at radius 1 is 1.62 bits per heavy atom. The van der Waals surface area contributed by atoms with E-state index in [0.717, 1.165) is 0 Å². The first-order valence-electron chi connectivity index (χ1n) is 3.51. The van der Waals surface area contributed by atoms with Crippen molar-refractivity contribution >= 4 is 11.9 Å². The summed E-state index contributed by atoms with van der Waals surface area (Å²) in [5.41, 5.74) is 4.74. The predicted molar refractivity (Wildman–Crippen MR) is 40.8 cm³/mol. The largest absolute Gasteiger partial charge is 0.476 e. The van der Waals surface area contributed by atoms with E-state index in [4.69, 9.17) is 10.8 Å². The minimum Gasteiger partial charge on any atom is -0.476 e. The molecule has 7 nitrogen and oxygen atoms in total. The lowest BCUT2D eigenvalue weighted by Crippen LogP contribution is -2.14. The SMILES string of the molecule is NC(=O)CCn1cc(C(=O)O)nn1. The number of carboxylic acids is 1. The van der Waals surface area contributed by atoms with Crippen LogP contribution in [0.1, 0.15) is 16.9 Å². The smallest absolute Gasteiger partial charge is 0.358 e. The number of aromatic carboxylic acids is 1. The molecule has 0 saturated carbocycles. The third-order valence-corrected chi connectivity index (χ3v) is 1.35. The van der Waals surface area contributed by atoms with E-state index in [9.17, 15) is 9.59 Å². The van der Waals surface area contributed by atoms with Crippen LogP contribution in [0.15, 0.2) is 6.20 Å². The second-order valence-corrected chi connectivity index (χ2v) is 2.39. The second-order valence-electron chi connectivity index (χ2n) is 2.39. The van der Waals surface area contributed by atoms with Crippen LogP contribution in [0.5, 0.6) is 0 Å². The molecule has 0 aromatic carbocycles. The highest BCUT2D eigenvalue weighted by molar-refractivity contribution is 5.84. The van der Waals surface area contributed by atoms with Gasteiger partial charge in [0.1, 0.15) is 0 Å². The predicted octanol–water partition coefficient (Wildman–Crippen LogP) is -1.15. The van der Waals surface area contributed by atoms with Gasteiger partial charge in [-0.1, -0.05) is 5.21 Å². The summed E-state index contributed by atoms with van der Waals surface area (Å²) in [6.45, 7) is 0.246. The lowest BCUT2D eigenvalue weighted by Gasteiger charge is -1.94. The number of primary amides is 1. The van der Waals surface area contributed by atoms with Crippen LogP contribution in [0.2, 0.25) is 0 Å². The van der Waals surface area contributed by atoms with Gasteiger partial charge in [-0.2, -0.15) is 0 Å². The molecule has 0 spiro atoms. The topological polar surface area (TPSA) is 111 Å². The van der Waals surface area contributed by atoms with E-state index in [1.165, 1.54) is 10.9 Å². The lowest BCUT2D eigenvalue weighted by atomic mass is 10.4. The summed E-state index contributed by atoms with van der Waals surface area (Å²) in [7, 11) is 0. The summed E-state index contributed by atoms with van der Waals surface area (Å²) in [6, 6.07) is 0. The molecule has 70 valence electrons. The van der Waals surface area contributed by atoms with E-state index < -0.39 is 11.9 Å². The van der Waals surface area contributed by atoms with Gasteiger partial charge in [-0.05, 0) is 0 Å². The Kier molecular flexibility index (Phi) is 2.58. The Labute approximate surface area is 73.1 Å². The molecule has 7 heteroatoms. The molecule has 1 amide bonds. The fraction of sp³-hybridized carbons (Fsp3) is 0.333. The van der Waals surface area contributed by atoms with Gasteiger partial charge in [0.2, 0.25) is 5.91 Å². The number of aromatic nitrogens is 3. The number of nitrogens with two attached hydrogens (primary N) is 1. The Bertz CT molecular complexity index is 332. The number of carboxylic acid groups (broad SMARTS) is 1. The highest BCUT2D eigenvalue weighted by atomic mass is 16.4. The van der Waals surface area contributed by atoms with Crippen LogP contribution in [-0.4, -0.2) is 32.0 Å². The third kappa shape index (κ3) is 2.55. The van der Waals surface area contributed by atoms with Crippen molar-refractivity contribution in [3.8, 4) is 0 Å². The van der Waals surface area contributed by atoms with Crippen LogP contribution in [0.3, 0.4) is 0 Å². The number of hydrogen-bond donors (Lipinski definition) is 2. The van der Waals surface area contributed by atoms with E-state index in [1.807, 2.05) is 0 Å². The molecule has 0 aliphatic rings. The average Bonchev–Trinajstić information content (AvgIpc) is 2.48. The van der Waals surface area contributed by atoms with Gasteiger partial charge in [-0.3, -0.25) is 9.48 Å². The van der Waals surface area contributed by atoms with Crippen molar-refractivity contribution in [1.82, 2.24) is 15.0 Å². The van der Waals surface area contributed by atoms with Crippen LogP contribution in [0, 0.1) is 0 Å². The standard InChI is InChI=1S/C6H8N4O3/c7-5(11)1-2-10-3-4(6(12)13)8-9-10/h3H,1-2H2,(H2,7,11)(H,12,13). The number of carbonyl (C=O) groups excluding carboxylic acids is 1. The number of hydrogen-bond acceptors (Lipinski definition) is 4. The second kappa shape index (κ2) is 3.65. The number of amides is 1. The maximum absolute atomic E-state index is 10.4. The van der Waals surface area contributed by atoms with Crippen LogP contribution in [0.4, 0.5) is 0 Å². The zero-order valence-electron chi connectivity index (χ0n) is 6.67. The summed E-state index contributed by atoms with van der Waals surface area (Å²) in [5.74, 6) is -1.61. The first-order chi connectivity index (χ1) is 6.09. The molecule has 0 bridgehead atoms. The van der Waals surface area contributed by atoms with Crippen molar-refractivity contribution in [3.05, 3.63) is 11.9 Å². The first-order valence-corrected chi connectivity index (χ1v) is 3.51. The molecule has 0 unspecified atom stereocenters. The Hall–Kier alpha value is -1.92. The molecule has 3 N–H and O–H groups in total. The lowest BCUT2D eigenvalue weighted by molar-refractivity contribution is -0.118. The van der Waals surface area contributed by atoms with Crippen molar-refractivity contribution in [2.45, 2.75) is 13.0 Å². The summed E-state index contributed by atoms with van der Waals surface area (Å²) < 4.78 is 1.26. The molecule has 13 heavy (non-hydrogen) atoms. The van der Waals surface area contributed by atoms with Gasteiger partial charge in [-0.25, -0.2) is 4.79 Å². The summed E-state index contributed by atoms with van der Waals surface area (Å²) in [4.78, 5) is 20.7. The monoisotopic (exact) mass is 184 g/mol. The molecule has 0 radical (unpaired) electrons. The molecule has 1 rings (SSSR count). The number of carbonyl (C=O) groups is 2. The Morgan fingerprint density at radius 2 is 2.31 bits per heavy atom. The normalized spacial score (nSPS) is 9.85. The summed E-state index contributed by atoms with van der Waals surface area (Å²) in [6.07, 6.45) is 1.35. The van der Waals surface area contributed by atoms with Crippen LogP contribution in [0.25, 0.3) is 0 Å². The van der Waals surface area contributed by atoms with Crippen molar-refractivity contribution in [1.29, 1.82) is 0 Å². The van der Waals surface area contributed by atoms with Gasteiger partial charge in [0, 0.05) is 6.42 Å². The van der Waals surface area contributed by atoms with Crippen LogP contribution < -0.4 is 5.73 Å². The number of aryl methyl sites for hydroxylation is 1. The van der Waals surface area contributed by atoms with Gasteiger partial charge >= 0.3 is 5.97 Å². The maximum atomic E-state index is 10.4. The highest BCUT2D eigenvalue weighted by Gasteiger charge is 2.07. The van der Waals surface area contributed by atoms with E-state index in [-0.39, 0.29) is 18.7 Å². The minimum atomic E-state index is -1.15. The van der Waals surface area contributed by atoms with E-state index >= 15 is 0 Å². The summed E-state index contributed by atoms with van der Waals surface area (Å²) in [5, 5.41) is 15.3. The van der Waals surface area contributed by atoms with Crippen LogP contribution in [-0.2, 0) is 11.3 Å². The molecule has 0 fully saturated rings. The summed E-state index contributed by atoms with van der Waals surface area (Å²) >= 11 is 0. The molecule has 1 aromatic rings. The van der Waals surface area contributed by atoms with Crippen molar-refractivity contribution in [3.63, 3.8) is 0 Å². The van der Waals surface area contributed by atoms with E-state index in [0.29, 0.717) is 0 Å². The molecular formula is C6H8N4O3. The van der Waals surface area contributed by atoms with Crippen molar-refractivity contribution in [2.75, 3.05) is 0 Å². The average molecular weight is 184 g/mol. The first kappa shape index (κ1) is 9.17. The molecule has 0 aliphatic carbocycles. The minimum absolute atomic E-state index is 0.114. The Balaban J connectivity index is 2.59. The van der Waals surface area contributed by atoms with Crippen molar-refractivity contribution in [2.24, 2.45) is 5.73 Å². The molecule has 0 aliphatic heterocycles. The fourth-order valence-electron chi connectivity index (χ4n) is 0.730. The molecule has 0 atom stereocenters. The fourth-order valence-corrected chi connectivity index (χ4v) is 0.730. The van der Waals surface area contributed by atoms with Gasteiger partial charge in [0.15, 0.2) is 5.69 Å². The van der Waals surface area contributed by atoms with Gasteiger partial charge in [-0.15, -0.1) is 5.10 Å². The maximum Gasteiger partial charge on any atom is 0.358 e. The zero-order chi connectivity index (χ0) is 9.84. The zero-order valence-corrected chi connectivity index (χ0v) is 6.67. The Morgan fingerprint density at radius 3 is 2.77 bits per heavy atom. The molecule has 1 heterocycles.